The summed E-state index contributed by atoms with van der Waals surface area (Å²) in [5, 5.41) is 5.99. The summed E-state index contributed by atoms with van der Waals surface area (Å²) < 4.78 is 10.1. The Kier molecular flexibility index (Phi) is 14.5. The van der Waals surface area contributed by atoms with Gasteiger partial charge in [0.1, 0.15) is 0 Å². The minimum absolute atomic E-state index is 0. The molecule has 0 N–H and O–H groups in total. The van der Waals surface area contributed by atoms with Gasteiger partial charge in [-0.1, -0.05) is 148 Å². The fourth-order valence-corrected chi connectivity index (χ4v) is 13.4. The van der Waals surface area contributed by atoms with Gasteiger partial charge in [0.05, 0.1) is 16.9 Å². The molecule has 0 aliphatic rings. The molecule has 0 aliphatic heterocycles. The summed E-state index contributed by atoms with van der Waals surface area (Å²) >= 11 is -1.86. The van der Waals surface area contributed by atoms with E-state index in [-0.39, 0.29) is 31.9 Å². The van der Waals surface area contributed by atoms with Crippen LogP contribution in [0.15, 0.2) is 180 Å². The third-order valence-electron chi connectivity index (χ3n) is 13.5. The summed E-state index contributed by atoms with van der Waals surface area (Å²) in [5.41, 5.74) is 15.8. The van der Waals surface area contributed by atoms with Crippen molar-refractivity contribution in [1.29, 1.82) is 0 Å². The molecular weight excluding hydrogens is 1100 g/mol. The summed E-state index contributed by atoms with van der Waals surface area (Å²) in [5.74, 6) is 9.39. The second-order valence-electron chi connectivity index (χ2n) is 20.8. The van der Waals surface area contributed by atoms with Crippen molar-refractivity contribution < 1.29 is 24.5 Å². The van der Waals surface area contributed by atoms with Gasteiger partial charge in [-0.05, 0) is 97.1 Å². The zero-order valence-electron chi connectivity index (χ0n) is 42.3. The molecule has 1 radical (unpaired) electrons. The maximum atomic E-state index is 6.16. The number of benzene rings is 8. The summed E-state index contributed by atoms with van der Waals surface area (Å²) in [6.07, 6.45) is 6.58. The molecule has 11 rings (SSSR count). The molecule has 0 atom stereocenters. The molecule has 3 heterocycles. The van der Waals surface area contributed by atoms with Gasteiger partial charge < -0.3 is 8.98 Å². The molecule has 0 saturated heterocycles. The molecule has 0 amide bonds. The van der Waals surface area contributed by atoms with Gasteiger partial charge in [-0.15, -0.1) is 0 Å². The smallest absolute Gasteiger partial charge is 0.0774 e. The van der Waals surface area contributed by atoms with Crippen LogP contribution in [0, 0.1) is 18.2 Å². The van der Waals surface area contributed by atoms with Crippen molar-refractivity contribution in [3.63, 3.8) is 0 Å². The predicted octanol–water partition coefficient (Wildman–Crippen LogP) is 17.4. The van der Waals surface area contributed by atoms with Crippen molar-refractivity contribution >= 4 is 61.2 Å². The van der Waals surface area contributed by atoms with Crippen LogP contribution in [0.2, 0.25) is 17.3 Å². The van der Waals surface area contributed by atoms with Crippen molar-refractivity contribution in [1.82, 2.24) is 14.5 Å². The number of hydrogen-bond acceptors (Lipinski definition) is 3. The molecule has 0 bridgehead atoms. The van der Waals surface area contributed by atoms with Crippen molar-refractivity contribution in [3.05, 3.63) is 205 Å². The summed E-state index contributed by atoms with van der Waals surface area (Å²) in [4.78, 5) is 10.0. The topological polar surface area (TPSA) is 43.9 Å². The summed E-state index contributed by atoms with van der Waals surface area (Å²) in [6, 6.07) is 63.8. The van der Waals surface area contributed by atoms with Crippen LogP contribution in [0.5, 0.6) is 0 Å². The number of rotatable bonds is 10. The van der Waals surface area contributed by atoms with Crippen molar-refractivity contribution in [2.24, 2.45) is 5.92 Å². The van der Waals surface area contributed by atoms with Crippen LogP contribution in [-0.2, 0) is 26.5 Å². The van der Waals surface area contributed by atoms with Crippen LogP contribution in [0.3, 0.4) is 0 Å². The first-order valence-corrected chi connectivity index (χ1v) is 32.2. The van der Waals surface area contributed by atoms with Crippen LogP contribution in [0.25, 0.3) is 94.1 Å². The standard InChI is InChI=1S/C47H37N2O.C18H24GeN.Ir/c1-29(2)38-26-36(31-12-6-5-7-13-31)27-39(30(3)4)46(38)49-44-17-11-10-16-43(44)48-47(49)42-28-50-45-23-22-35(25-41(42)45)34-21-20-33-19-18-32-14-8-9-15-37(32)40(33)24-34;1-14(2)11-16-12-18(15-9-7-6-8-10-15)20-13-17(16)19(3,4)5;/h5-27,29-30H,1-4H3;6-9,12-14H,11H2,1-5H3;/q2*-1;. The Balaban J connectivity index is 0.000000251. The van der Waals surface area contributed by atoms with Gasteiger partial charge in [-0.3, -0.25) is 4.98 Å². The van der Waals surface area contributed by atoms with E-state index < -0.39 is 13.3 Å². The molecule has 8 aromatic carbocycles. The normalized spacial score (nSPS) is 11.8. The molecule has 0 spiro atoms. The first-order valence-electron chi connectivity index (χ1n) is 24.9. The molecular formula is C65H61GeIrN3O-2. The zero-order valence-corrected chi connectivity index (χ0v) is 46.8. The van der Waals surface area contributed by atoms with Crippen LogP contribution < -0.4 is 4.40 Å². The van der Waals surface area contributed by atoms with Gasteiger partial charge in [0, 0.05) is 37.6 Å². The molecule has 0 aliphatic carbocycles. The second kappa shape index (κ2) is 20.8. The number of nitrogens with zero attached hydrogens (tertiary/aromatic N) is 3. The third-order valence-corrected chi connectivity index (χ3v) is 17.9. The van der Waals surface area contributed by atoms with Crippen LogP contribution in [0.4, 0.5) is 0 Å². The van der Waals surface area contributed by atoms with Gasteiger partial charge in [0.15, 0.2) is 0 Å². The molecule has 357 valence electrons. The maximum Gasteiger partial charge on any atom is 0.0774 e. The molecule has 3 aromatic heterocycles. The van der Waals surface area contributed by atoms with Gasteiger partial charge in [0.25, 0.3) is 0 Å². The number of pyridine rings is 1. The van der Waals surface area contributed by atoms with E-state index in [1.54, 1.807) is 4.40 Å². The Labute approximate surface area is 435 Å². The average molecular weight is 1170 g/mol. The van der Waals surface area contributed by atoms with Gasteiger partial charge in [-0.25, -0.2) is 0 Å². The number of fused-ring (bicyclic) bond motifs is 5. The summed E-state index contributed by atoms with van der Waals surface area (Å²) in [7, 11) is 0. The first-order chi connectivity index (χ1) is 33.8. The minimum atomic E-state index is -1.86. The largest absolute Gasteiger partial charge is 0.557 e. The number of para-hydroxylation sites is 2. The van der Waals surface area contributed by atoms with Crippen molar-refractivity contribution in [2.75, 3.05) is 0 Å². The molecule has 0 unspecified atom stereocenters. The second-order valence-corrected chi connectivity index (χ2v) is 31.4. The fourth-order valence-electron chi connectivity index (χ4n) is 10.0. The van der Waals surface area contributed by atoms with E-state index in [1.165, 1.54) is 55.0 Å². The van der Waals surface area contributed by atoms with E-state index in [0.29, 0.717) is 5.92 Å². The Morgan fingerprint density at radius 1 is 0.592 bits per heavy atom. The van der Waals surface area contributed by atoms with E-state index in [2.05, 4.69) is 234 Å². The van der Waals surface area contributed by atoms with Crippen LogP contribution in [0.1, 0.15) is 70.1 Å². The number of aromatic nitrogens is 3. The van der Waals surface area contributed by atoms with Crippen LogP contribution in [-0.4, -0.2) is 27.8 Å². The van der Waals surface area contributed by atoms with E-state index in [0.717, 1.165) is 62.2 Å². The molecule has 6 heteroatoms. The summed E-state index contributed by atoms with van der Waals surface area (Å²) in [6.45, 7) is 13.7. The fraction of sp³-hybridized carbons (Fsp3) is 0.200. The number of hydrogen-bond donors (Lipinski definition) is 0. The van der Waals surface area contributed by atoms with Gasteiger partial charge in [0.2, 0.25) is 0 Å². The Morgan fingerprint density at radius 2 is 1.23 bits per heavy atom. The molecule has 0 fully saturated rings. The third kappa shape index (κ3) is 10.1. The first kappa shape index (κ1) is 49.6. The number of furan rings is 1. The zero-order chi connectivity index (χ0) is 48.7. The van der Waals surface area contributed by atoms with E-state index in [1.807, 2.05) is 18.2 Å². The van der Waals surface area contributed by atoms with E-state index >= 15 is 0 Å². The molecule has 71 heavy (non-hydrogen) atoms. The minimum Gasteiger partial charge on any atom is -0.557 e. The number of imidazole rings is 1. The quantitative estimate of drug-likeness (QED) is 0.0779. The van der Waals surface area contributed by atoms with Gasteiger partial charge >= 0.3 is 126 Å². The Hall–Kier alpha value is -6.37. The maximum absolute atomic E-state index is 6.16. The van der Waals surface area contributed by atoms with E-state index in [9.17, 15) is 0 Å². The molecule has 11 aromatic rings. The Morgan fingerprint density at radius 3 is 1.92 bits per heavy atom. The monoisotopic (exact) mass is 1170 g/mol. The SMILES string of the molecule is CC(C)Cc1cc(-c2[c-]cccc2)nc[c]1[Ge]([CH3])([CH3])[CH3].CC(C)c1cc(-c2ccccc2)cc(C(C)C)c1-n1c(-c2[c-]oc3ccc(-c4ccc5ccc6ccccc6c5c4)cc23)nc2ccccc21.[Ir]. The molecule has 4 nitrogen and oxygen atoms in total. The predicted molar refractivity (Wildman–Crippen MR) is 299 cm³/mol. The van der Waals surface area contributed by atoms with Crippen molar-refractivity contribution in [3.8, 4) is 50.6 Å². The Bertz CT molecular complexity index is 3630. The van der Waals surface area contributed by atoms with Crippen LogP contribution >= 0.6 is 0 Å². The molecule has 0 saturated carbocycles. The van der Waals surface area contributed by atoms with E-state index in [4.69, 9.17) is 14.4 Å². The average Bonchev–Trinajstić information content (AvgIpc) is 3.97. The van der Waals surface area contributed by atoms with Gasteiger partial charge in [-0.2, -0.15) is 0 Å². The van der Waals surface area contributed by atoms with Crippen molar-refractivity contribution in [2.45, 2.75) is 77.1 Å².